The van der Waals surface area contributed by atoms with Crippen molar-refractivity contribution in [3.63, 3.8) is 0 Å². The molecule has 1 aromatic carbocycles. The van der Waals surface area contributed by atoms with Crippen LogP contribution in [0.1, 0.15) is 41.6 Å². The van der Waals surface area contributed by atoms with Crippen LogP contribution in [0.2, 0.25) is 8.67 Å². The summed E-state index contributed by atoms with van der Waals surface area (Å²) in [5, 5.41) is 3.52. The quantitative estimate of drug-likeness (QED) is 0.810. The molecule has 0 saturated carbocycles. The van der Waals surface area contributed by atoms with Gasteiger partial charge >= 0.3 is 0 Å². The van der Waals surface area contributed by atoms with Crippen molar-refractivity contribution in [1.82, 2.24) is 5.32 Å². The molecule has 0 amide bonds. The molecule has 1 unspecified atom stereocenters. The number of thiophene rings is 1. The number of benzene rings is 1. The molecule has 20 heavy (non-hydrogen) atoms. The molecule has 1 heterocycles. The van der Waals surface area contributed by atoms with Gasteiger partial charge in [0.25, 0.3) is 0 Å². The number of fused-ring (bicyclic) bond motifs is 1. The lowest BCUT2D eigenvalue weighted by atomic mass is 9.97. The topological polar surface area (TPSA) is 12.0 Å². The minimum absolute atomic E-state index is 0.127. The highest BCUT2D eigenvalue weighted by molar-refractivity contribution is 7.20. The Bertz CT molecular complexity index is 621. The third-order valence-electron chi connectivity index (χ3n) is 3.86. The fourth-order valence-corrected chi connectivity index (χ4v) is 4.46. The molecule has 0 bridgehead atoms. The van der Waals surface area contributed by atoms with Gasteiger partial charge < -0.3 is 5.32 Å². The highest BCUT2D eigenvalue weighted by atomic mass is 35.5. The van der Waals surface area contributed by atoms with Gasteiger partial charge in [-0.05, 0) is 48.6 Å². The van der Waals surface area contributed by atoms with Gasteiger partial charge in [0.05, 0.1) is 14.7 Å². The maximum absolute atomic E-state index is 6.34. The molecular formula is C16H17Cl2NS. The third-order valence-corrected chi connectivity index (χ3v) is 5.38. The van der Waals surface area contributed by atoms with E-state index in [-0.39, 0.29) is 6.04 Å². The van der Waals surface area contributed by atoms with Crippen LogP contribution in [0.5, 0.6) is 0 Å². The summed E-state index contributed by atoms with van der Waals surface area (Å²) in [6.07, 6.45) is 3.68. The number of rotatable bonds is 4. The maximum Gasteiger partial charge on any atom is 0.0995 e. The molecule has 0 radical (unpaired) electrons. The van der Waals surface area contributed by atoms with Crippen LogP contribution in [0.4, 0.5) is 0 Å². The lowest BCUT2D eigenvalue weighted by molar-refractivity contribution is 0.632. The van der Waals surface area contributed by atoms with Gasteiger partial charge in [-0.3, -0.25) is 0 Å². The number of hydrogen-bond acceptors (Lipinski definition) is 2. The number of aryl methyl sites for hydroxylation is 2. The van der Waals surface area contributed by atoms with E-state index < -0.39 is 0 Å². The van der Waals surface area contributed by atoms with Gasteiger partial charge in [0.2, 0.25) is 0 Å². The second kappa shape index (κ2) is 6.07. The highest BCUT2D eigenvalue weighted by Crippen LogP contribution is 2.38. The summed E-state index contributed by atoms with van der Waals surface area (Å²) in [4.78, 5) is 0. The van der Waals surface area contributed by atoms with Crippen LogP contribution in [0.15, 0.2) is 24.3 Å². The van der Waals surface area contributed by atoms with Crippen LogP contribution in [0.3, 0.4) is 0 Å². The van der Waals surface area contributed by atoms with Crippen LogP contribution in [0, 0.1) is 0 Å². The molecule has 0 saturated heterocycles. The molecule has 1 atom stereocenters. The van der Waals surface area contributed by atoms with Crippen LogP contribution in [0.25, 0.3) is 0 Å². The average molecular weight is 326 g/mol. The van der Waals surface area contributed by atoms with Gasteiger partial charge in [-0.15, -0.1) is 11.3 Å². The van der Waals surface area contributed by atoms with E-state index in [1.54, 1.807) is 0 Å². The Hall–Kier alpha value is -0.540. The number of hydrogen-bond donors (Lipinski definition) is 1. The zero-order valence-electron chi connectivity index (χ0n) is 11.4. The first-order valence-electron chi connectivity index (χ1n) is 6.99. The molecule has 1 aromatic heterocycles. The fourth-order valence-electron chi connectivity index (χ4n) is 2.93. The Morgan fingerprint density at radius 1 is 1.20 bits per heavy atom. The second-order valence-electron chi connectivity index (χ2n) is 5.15. The Kier molecular flexibility index (Phi) is 4.37. The van der Waals surface area contributed by atoms with Crippen LogP contribution >= 0.6 is 34.5 Å². The molecule has 2 aromatic rings. The Labute approximate surface area is 133 Å². The summed E-state index contributed by atoms with van der Waals surface area (Å²) >= 11 is 13.9. The van der Waals surface area contributed by atoms with E-state index in [1.807, 2.05) is 6.07 Å². The summed E-state index contributed by atoms with van der Waals surface area (Å²) in [6, 6.07) is 8.93. The predicted octanol–water partition coefficient (Wildman–Crippen LogP) is 5.24. The lowest BCUT2D eigenvalue weighted by Gasteiger charge is -2.19. The summed E-state index contributed by atoms with van der Waals surface area (Å²) in [5.41, 5.74) is 5.35. The minimum Gasteiger partial charge on any atom is -0.306 e. The standard InChI is InChI=1S/C16H17Cl2NS/c1-2-19-15(13-9-14(17)20-16(13)18)12-7-6-10-4-3-5-11(10)8-12/h6-9,15,19H,2-5H2,1H3. The first-order chi connectivity index (χ1) is 9.69. The SMILES string of the molecule is CCNC(c1ccc2c(c1)CCC2)c1cc(Cl)sc1Cl. The van der Waals surface area contributed by atoms with Crippen molar-refractivity contribution in [1.29, 1.82) is 0 Å². The third kappa shape index (κ3) is 2.75. The molecular weight excluding hydrogens is 309 g/mol. The number of halogens is 2. The molecule has 0 aliphatic heterocycles. The van der Waals surface area contributed by atoms with Crippen molar-refractivity contribution in [3.05, 3.63) is 55.2 Å². The van der Waals surface area contributed by atoms with Crippen LogP contribution < -0.4 is 5.32 Å². The Morgan fingerprint density at radius 3 is 2.70 bits per heavy atom. The monoisotopic (exact) mass is 325 g/mol. The highest BCUT2D eigenvalue weighted by Gasteiger charge is 2.20. The van der Waals surface area contributed by atoms with Gasteiger partial charge in [-0.1, -0.05) is 48.3 Å². The van der Waals surface area contributed by atoms with Crippen molar-refractivity contribution in [3.8, 4) is 0 Å². The van der Waals surface area contributed by atoms with Crippen molar-refractivity contribution >= 4 is 34.5 Å². The molecule has 1 aliphatic rings. The first kappa shape index (κ1) is 14.4. The van der Waals surface area contributed by atoms with Gasteiger partial charge in [0.15, 0.2) is 0 Å². The maximum atomic E-state index is 6.34. The van der Waals surface area contributed by atoms with Crippen LogP contribution in [-0.4, -0.2) is 6.54 Å². The van der Waals surface area contributed by atoms with Gasteiger partial charge in [0.1, 0.15) is 0 Å². The Morgan fingerprint density at radius 2 is 2.00 bits per heavy atom. The molecule has 1 aliphatic carbocycles. The normalized spacial score (nSPS) is 15.3. The zero-order valence-corrected chi connectivity index (χ0v) is 13.7. The largest absolute Gasteiger partial charge is 0.306 e. The Balaban J connectivity index is 2.00. The minimum atomic E-state index is 0.127. The fraction of sp³-hybridized carbons (Fsp3) is 0.375. The first-order valence-corrected chi connectivity index (χ1v) is 8.56. The molecule has 0 spiro atoms. The van der Waals surface area contributed by atoms with Crippen molar-refractivity contribution in [2.75, 3.05) is 6.54 Å². The van der Waals surface area contributed by atoms with E-state index in [0.717, 1.165) is 20.8 Å². The van der Waals surface area contributed by atoms with E-state index in [1.165, 1.54) is 47.3 Å². The van der Waals surface area contributed by atoms with E-state index in [9.17, 15) is 0 Å². The van der Waals surface area contributed by atoms with Gasteiger partial charge in [-0.25, -0.2) is 0 Å². The average Bonchev–Trinajstić information content (AvgIpc) is 3.01. The van der Waals surface area contributed by atoms with E-state index >= 15 is 0 Å². The lowest BCUT2D eigenvalue weighted by Crippen LogP contribution is -2.22. The summed E-state index contributed by atoms with van der Waals surface area (Å²) in [5.74, 6) is 0. The van der Waals surface area contributed by atoms with Crippen molar-refractivity contribution in [2.45, 2.75) is 32.2 Å². The summed E-state index contributed by atoms with van der Waals surface area (Å²) in [6.45, 7) is 3.01. The zero-order chi connectivity index (χ0) is 14.1. The molecule has 1 N–H and O–H groups in total. The molecule has 1 nitrogen and oxygen atoms in total. The van der Waals surface area contributed by atoms with Gasteiger partial charge in [-0.2, -0.15) is 0 Å². The van der Waals surface area contributed by atoms with E-state index in [2.05, 4.69) is 30.4 Å². The van der Waals surface area contributed by atoms with Crippen molar-refractivity contribution in [2.24, 2.45) is 0 Å². The predicted molar refractivity (Wildman–Crippen MR) is 88.3 cm³/mol. The van der Waals surface area contributed by atoms with E-state index in [0.29, 0.717) is 0 Å². The molecule has 0 fully saturated rings. The molecule has 3 rings (SSSR count). The second-order valence-corrected chi connectivity index (χ2v) is 7.44. The van der Waals surface area contributed by atoms with Crippen molar-refractivity contribution < 1.29 is 0 Å². The van der Waals surface area contributed by atoms with Gasteiger partial charge in [0, 0.05) is 5.56 Å². The van der Waals surface area contributed by atoms with E-state index in [4.69, 9.17) is 23.2 Å². The smallest absolute Gasteiger partial charge is 0.0995 e. The van der Waals surface area contributed by atoms with Crippen LogP contribution in [-0.2, 0) is 12.8 Å². The number of nitrogens with one attached hydrogen (secondary N) is 1. The summed E-state index contributed by atoms with van der Waals surface area (Å²) in [7, 11) is 0. The molecule has 4 heteroatoms. The summed E-state index contributed by atoms with van der Waals surface area (Å²) < 4.78 is 1.52. The molecule has 106 valence electrons.